The summed E-state index contributed by atoms with van der Waals surface area (Å²) in [6.07, 6.45) is 1.15. The van der Waals surface area contributed by atoms with Gasteiger partial charge >= 0.3 is 17.6 Å². The Bertz CT molecular complexity index is 1420. The summed E-state index contributed by atoms with van der Waals surface area (Å²) in [5.41, 5.74) is -0.707. The van der Waals surface area contributed by atoms with Crippen LogP contribution in [-0.2, 0) is 4.79 Å². The van der Waals surface area contributed by atoms with Gasteiger partial charge in [0.15, 0.2) is 5.75 Å². The lowest BCUT2D eigenvalue weighted by molar-refractivity contribution is -0.385. The molecule has 0 spiro atoms. The number of nitro groups is 1. The number of carbonyl (C=O) groups is 3. The fourth-order valence-corrected chi connectivity index (χ4v) is 3.45. The molecule has 38 heavy (non-hydrogen) atoms. The molecule has 0 heterocycles. The Labute approximate surface area is 218 Å². The number of nitriles is 1. The van der Waals surface area contributed by atoms with Gasteiger partial charge in [-0.05, 0) is 55.8 Å². The molecule has 0 atom stereocenters. The normalized spacial score (nSPS) is 10.7. The molecule has 0 radical (unpaired) electrons. The topological polar surface area (TPSA) is 140 Å². The van der Waals surface area contributed by atoms with Gasteiger partial charge in [-0.25, -0.2) is 9.59 Å². The Morgan fingerprint density at radius 3 is 1.92 bits per heavy atom. The molecule has 0 unspecified atom stereocenters. The van der Waals surface area contributed by atoms with E-state index in [0.717, 1.165) is 12.1 Å². The van der Waals surface area contributed by atoms with Gasteiger partial charge in [-0.15, -0.1) is 0 Å². The van der Waals surface area contributed by atoms with Gasteiger partial charge < -0.3 is 14.4 Å². The number of ether oxygens (including phenoxy) is 2. The molecule has 3 aromatic rings. The van der Waals surface area contributed by atoms with E-state index in [-0.39, 0.29) is 22.3 Å². The highest BCUT2D eigenvalue weighted by Gasteiger charge is 2.28. The molecule has 1 amide bonds. The standard InChI is InChI=1S/C28H23N3O7/c1-3-30(4-2)26(32)22(18-29)15-19-16-23(31(35)36)25(38-28(34)21-13-9-6-10-14-21)24(17-19)37-27(33)20-11-7-5-8-12-20/h5-17H,3-4H2,1-2H3. The molecule has 0 aliphatic heterocycles. The van der Waals surface area contributed by atoms with Gasteiger partial charge in [-0.3, -0.25) is 14.9 Å². The van der Waals surface area contributed by atoms with Gasteiger partial charge in [0.05, 0.1) is 16.1 Å². The maximum Gasteiger partial charge on any atom is 0.343 e. The summed E-state index contributed by atoms with van der Waals surface area (Å²) in [6.45, 7) is 4.20. The third-order valence-electron chi connectivity index (χ3n) is 5.38. The quantitative estimate of drug-likeness (QED) is 0.0992. The Morgan fingerprint density at radius 2 is 1.45 bits per heavy atom. The van der Waals surface area contributed by atoms with Crippen LogP contribution in [0, 0.1) is 21.4 Å². The molecule has 192 valence electrons. The fourth-order valence-electron chi connectivity index (χ4n) is 3.45. The number of likely N-dealkylation sites (N-methyl/N-ethyl adjacent to an activating group) is 1. The average molecular weight is 514 g/mol. The van der Waals surface area contributed by atoms with Crippen molar-refractivity contribution in [2.75, 3.05) is 13.1 Å². The first-order chi connectivity index (χ1) is 18.3. The Hall–Kier alpha value is -5.30. The van der Waals surface area contributed by atoms with Gasteiger partial charge in [-0.2, -0.15) is 5.26 Å². The van der Waals surface area contributed by atoms with Crippen LogP contribution in [-0.4, -0.2) is 40.8 Å². The SMILES string of the molecule is CCN(CC)C(=O)C(C#N)=Cc1cc(OC(=O)c2ccccc2)c(OC(=O)c2ccccc2)c([N+](=O)[O-])c1. The second kappa shape index (κ2) is 12.6. The summed E-state index contributed by atoms with van der Waals surface area (Å²) in [5, 5.41) is 21.6. The molecule has 0 bridgehead atoms. The van der Waals surface area contributed by atoms with E-state index in [1.165, 1.54) is 35.2 Å². The van der Waals surface area contributed by atoms with Crippen molar-refractivity contribution in [2.24, 2.45) is 0 Å². The molecule has 0 aliphatic carbocycles. The largest absolute Gasteiger partial charge is 0.419 e. The predicted molar refractivity (Wildman–Crippen MR) is 137 cm³/mol. The van der Waals surface area contributed by atoms with Crippen molar-refractivity contribution in [3.8, 4) is 17.6 Å². The predicted octanol–water partition coefficient (Wildman–Crippen LogP) is 4.81. The fraction of sp³-hybridized carbons (Fsp3) is 0.143. The molecule has 0 saturated heterocycles. The molecular weight excluding hydrogens is 490 g/mol. The number of amides is 1. The van der Waals surface area contributed by atoms with E-state index >= 15 is 0 Å². The molecule has 0 saturated carbocycles. The zero-order chi connectivity index (χ0) is 27.7. The second-order valence-corrected chi connectivity index (χ2v) is 7.78. The third-order valence-corrected chi connectivity index (χ3v) is 5.38. The second-order valence-electron chi connectivity index (χ2n) is 7.78. The summed E-state index contributed by atoms with van der Waals surface area (Å²) in [5.74, 6) is -3.38. The summed E-state index contributed by atoms with van der Waals surface area (Å²) in [6, 6.07) is 19.7. The molecule has 0 aromatic heterocycles. The Balaban J connectivity index is 2.15. The van der Waals surface area contributed by atoms with Crippen LogP contribution in [0.3, 0.4) is 0 Å². The highest BCUT2D eigenvalue weighted by atomic mass is 16.6. The summed E-state index contributed by atoms with van der Waals surface area (Å²) < 4.78 is 10.8. The first kappa shape index (κ1) is 27.3. The summed E-state index contributed by atoms with van der Waals surface area (Å²) in [7, 11) is 0. The summed E-state index contributed by atoms with van der Waals surface area (Å²) in [4.78, 5) is 50.9. The minimum absolute atomic E-state index is 0.0177. The van der Waals surface area contributed by atoms with E-state index in [1.54, 1.807) is 50.2 Å². The lowest BCUT2D eigenvalue weighted by Crippen LogP contribution is -2.31. The molecule has 3 aromatic carbocycles. The van der Waals surface area contributed by atoms with E-state index in [1.807, 2.05) is 6.07 Å². The highest BCUT2D eigenvalue weighted by molar-refractivity contribution is 6.02. The number of carbonyl (C=O) groups excluding carboxylic acids is 3. The van der Waals surface area contributed by atoms with Gasteiger partial charge in [0, 0.05) is 19.2 Å². The number of benzene rings is 3. The molecule has 10 heteroatoms. The van der Waals surface area contributed by atoms with Crippen LogP contribution in [0.2, 0.25) is 0 Å². The van der Waals surface area contributed by atoms with Crippen LogP contribution in [0.4, 0.5) is 5.69 Å². The molecule has 3 rings (SSSR count). The van der Waals surface area contributed by atoms with Crippen LogP contribution < -0.4 is 9.47 Å². The molecule has 10 nitrogen and oxygen atoms in total. The van der Waals surface area contributed by atoms with E-state index in [2.05, 4.69) is 0 Å². The first-order valence-electron chi connectivity index (χ1n) is 11.6. The number of hydrogen-bond acceptors (Lipinski definition) is 8. The van der Waals surface area contributed by atoms with Gasteiger partial charge in [0.25, 0.3) is 11.7 Å². The number of esters is 2. The number of nitrogens with zero attached hydrogens (tertiary/aromatic N) is 3. The number of hydrogen-bond donors (Lipinski definition) is 0. The average Bonchev–Trinajstić information content (AvgIpc) is 2.94. The Kier molecular flexibility index (Phi) is 9.05. The maximum absolute atomic E-state index is 12.8. The van der Waals surface area contributed by atoms with Crippen molar-refractivity contribution < 1.29 is 28.8 Å². The van der Waals surface area contributed by atoms with Crippen molar-refractivity contribution in [1.29, 1.82) is 5.26 Å². The van der Waals surface area contributed by atoms with Crippen LogP contribution in [0.1, 0.15) is 40.1 Å². The van der Waals surface area contributed by atoms with Crippen molar-refractivity contribution >= 4 is 29.6 Å². The third kappa shape index (κ3) is 6.47. The van der Waals surface area contributed by atoms with E-state index < -0.39 is 40.0 Å². The maximum atomic E-state index is 12.8. The smallest absolute Gasteiger partial charge is 0.343 e. The van der Waals surface area contributed by atoms with Crippen molar-refractivity contribution in [3.05, 3.63) is 105 Å². The van der Waals surface area contributed by atoms with Crippen LogP contribution in [0.25, 0.3) is 6.08 Å². The van der Waals surface area contributed by atoms with Crippen LogP contribution in [0.5, 0.6) is 11.5 Å². The van der Waals surface area contributed by atoms with Crippen molar-refractivity contribution in [1.82, 2.24) is 4.90 Å². The molecule has 0 aliphatic rings. The van der Waals surface area contributed by atoms with Crippen LogP contribution >= 0.6 is 0 Å². The van der Waals surface area contributed by atoms with E-state index in [0.29, 0.717) is 13.1 Å². The van der Waals surface area contributed by atoms with Gasteiger partial charge in [0.2, 0.25) is 0 Å². The van der Waals surface area contributed by atoms with Crippen molar-refractivity contribution in [3.63, 3.8) is 0 Å². The molecule has 0 N–H and O–H groups in total. The molecular formula is C28H23N3O7. The van der Waals surface area contributed by atoms with E-state index in [9.17, 15) is 29.8 Å². The van der Waals surface area contributed by atoms with Gasteiger partial charge in [0.1, 0.15) is 11.6 Å². The van der Waals surface area contributed by atoms with Crippen molar-refractivity contribution in [2.45, 2.75) is 13.8 Å². The zero-order valence-electron chi connectivity index (χ0n) is 20.6. The minimum Gasteiger partial charge on any atom is -0.419 e. The lowest BCUT2D eigenvalue weighted by Gasteiger charge is -2.17. The lowest BCUT2D eigenvalue weighted by atomic mass is 10.1. The number of nitro benzene ring substituents is 1. The van der Waals surface area contributed by atoms with Gasteiger partial charge in [-0.1, -0.05) is 36.4 Å². The first-order valence-corrected chi connectivity index (χ1v) is 11.6. The van der Waals surface area contributed by atoms with E-state index in [4.69, 9.17) is 9.47 Å². The summed E-state index contributed by atoms with van der Waals surface area (Å²) >= 11 is 0. The molecule has 0 fully saturated rings. The highest BCUT2D eigenvalue weighted by Crippen LogP contribution is 2.40. The minimum atomic E-state index is -0.913. The zero-order valence-corrected chi connectivity index (χ0v) is 20.6. The number of rotatable bonds is 9. The monoisotopic (exact) mass is 513 g/mol. The van der Waals surface area contributed by atoms with Crippen LogP contribution in [0.15, 0.2) is 78.4 Å². The Morgan fingerprint density at radius 1 is 0.921 bits per heavy atom.